The number of rotatable bonds is 2. The number of likely N-dealkylation sites (tertiary alicyclic amines) is 1. The number of nitro benzene ring substituents is 1. The summed E-state index contributed by atoms with van der Waals surface area (Å²) in [7, 11) is 0. The summed E-state index contributed by atoms with van der Waals surface area (Å²) in [5.74, 6) is 0. The lowest BCUT2D eigenvalue weighted by molar-refractivity contribution is -0.384. The van der Waals surface area contributed by atoms with E-state index < -0.39 is 16.1 Å². The monoisotopic (exact) mass is 320 g/mol. The minimum Gasteiger partial charge on any atom is -0.444 e. The third-order valence-electron chi connectivity index (χ3n) is 4.17. The number of nitro groups is 1. The normalized spacial score (nSPS) is 26.4. The van der Waals surface area contributed by atoms with Gasteiger partial charge in [0, 0.05) is 25.1 Å². The van der Waals surface area contributed by atoms with Crippen LogP contribution in [0.4, 0.5) is 10.5 Å². The van der Waals surface area contributed by atoms with Crippen LogP contribution in [0.15, 0.2) is 24.3 Å². The van der Waals surface area contributed by atoms with E-state index in [1.54, 1.807) is 17.0 Å². The fraction of sp³-hybridized carbons (Fsp3) is 0.562. The zero-order valence-electron chi connectivity index (χ0n) is 13.4. The van der Waals surface area contributed by atoms with Gasteiger partial charge in [-0.05, 0) is 38.5 Å². The number of ether oxygens (including phenoxy) is 2. The maximum absolute atomic E-state index is 12.1. The highest BCUT2D eigenvalue weighted by Crippen LogP contribution is 2.52. The van der Waals surface area contributed by atoms with Crippen LogP contribution in [0.25, 0.3) is 0 Å². The number of non-ortho nitro benzene ring substituents is 1. The molecule has 0 saturated carbocycles. The first-order valence-electron chi connectivity index (χ1n) is 7.62. The molecule has 2 saturated heterocycles. The third kappa shape index (κ3) is 3.01. The van der Waals surface area contributed by atoms with Gasteiger partial charge in [-0.25, -0.2) is 4.79 Å². The van der Waals surface area contributed by atoms with Gasteiger partial charge in [0.2, 0.25) is 0 Å². The quantitative estimate of drug-likeness (QED) is 0.475. The zero-order chi connectivity index (χ0) is 16.8. The summed E-state index contributed by atoms with van der Waals surface area (Å²) >= 11 is 0. The van der Waals surface area contributed by atoms with Crippen molar-refractivity contribution < 1.29 is 19.2 Å². The smallest absolute Gasteiger partial charge is 0.410 e. The zero-order valence-corrected chi connectivity index (χ0v) is 13.4. The van der Waals surface area contributed by atoms with Gasteiger partial charge in [0.25, 0.3) is 5.69 Å². The van der Waals surface area contributed by atoms with Crippen molar-refractivity contribution in [2.24, 2.45) is 0 Å². The number of nitrogens with zero attached hydrogens (tertiary/aromatic N) is 2. The average Bonchev–Trinajstić information content (AvgIpc) is 3.20. The van der Waals surface area contributed by atoms with Gasteiger partial charge in [-0.2, -0.15) is 0 Å². The number of epoxide rings is 1. The molecule has 23 heavy (non-hydrogen) atoms. The van der Waals surface area contributed by atoms with Crippen LogP contribution in [0.2, 0.25) is 0 Å². The number of hydrogen-bond donors (Lipinski definition) is 0. The van der Waals surface area contributed by atoms with E-state index in [9.17, 15) is 14.9 Å². The van der Waals surface area contributed by atoms with Crippen LogP contribution in [-0.4, -0.2) is 40.7 Å². The molecule has 1 aromatic rings. The maximum Gasteiger partial charge on any atom is 0.410 e. The molecule has 3 rings (SSSR count). The summed E-state index contributed by atoms with van der Waals surface area (Å²) in [4.78, 5) is 24.1. The molecule has 2 aliphatic rings. The second kappa shape index (κ2) is 5.19. The summed E-state index contributed by atoms with van der Waals surface area (Å²) in [6, 6.07) is 6.45. The molecule has 0 aliphatic carbocycles. The predicted octanol–water partition coefficient (Wildman–Crippen LogP) is 2.83. The van der Waals surface area contributed by atoms with Crippen LogP contribution in [0.5, 0.6) is 0 Å². The first kappa shape index (κ1) is 15.7. The number of hydrogen-bond acceptors (Lipinski definition) is 5. The van der Waals surface area contributed by atoms with Gasteiger partial charge >= 0.3 is 6.09 Å². The molecule has 0 unspecified atom stereocenters. The Morgan fingerprint density at radius 1 is 1.39 bits per heavy atom. The van der Waals surface area contributed by atoms with E-state index in [-0.39, 0.29) is 17.9 Å². The maximum atomic E-state index is 12.1. The topological polar surface area (TPSA) is 85.2 Å². The average molecular weight is 320 g/mol. The van der Waals surface area contributed by atoms with Gasteiger partial charge in [0.05, 0.1) is 11.5 Å². The van der Waals surface area contributed by atoms with E-state index in [2.05, 4.69) is 0 Å². The Morgan fingerprint density at radius 3 is 2.57 bits per heavy atom. The van der Waals surface area contributed by atoms with E-state index in [1.165, 1.54) is 12.1 Å². The Hall–Kier alpha value is -2.15. The van der Waals surface area contributed by atoms with E-state index in [0.717, 1.165) is 5.56 Å². The molecule has 124 valence electrons. The highest BCUT2D eigenvalue weighted by Gasteiger charge is 2.60. The SMILES string of the molecule is CC(C)(C)OC(=O)N1CC[C@]2(c3ccc([N+](=O)[O-])cc3)O[C@H]2C1. The van der Waals surface area contributed by atoms with Crippen molar-refractivity contribution in [3.05, 3.63) is 39.9 Å². The fourth-order valence-electron chi connectivity index (χ4n) is 2.97. The molecule has 0 radical (unpaired) electrons. The van der Waals surface area contributed by atoms with Crippen LogP contribution in [0.1, 0.15) is 32.8 Å². The molecular weight excluding hydrogens is 300 g/mol. The molecule has 2 aliphatic heterocycles. The lowest BCUT2D eigenvalue weighted by Gasteiger charge is -2.31. The molecule has 1 amide bonds. The first-order valence-corrected chi connectivity index (χ1v) is 7.62. The second-order valence-corrected chi connectivity index (χ2v) is 6.98. The summed E-state index contributed by atoms with van der Waals surface area (Å²) in [6.07, 6.45) is 0.255. The number of fused-ring (bicyclic) bond motifs is 1. The molecule has 2 heterocycles. The molecule has 1 aromatic carbocycles. The third-order valence-corrected chi connectivity index (χ3v) is 4.17. The van der Waals surface area contributed by atoms with Crippen LogP contribution in [0.3, 0.4) is 0 Å². The van der Waals surface area contributed by atoms with Crippen LogP contribution >= 0.6 is 0 Å². The molecule has 2 fully saturated rings. The fourth-order valence-corrected chi connectivity index (χ4v) is 2.97. The van der Waals surface area contributed by atoms with Crippen LogP contribution in [0, 0.1) is 10.1 Å². The van der Waals surface area contributed by atoms with E-state index in [4.69, 9.17) is 9.47 Å². The molecule has 0 bridgehead atoms. The van der Waals surface area contributed by atoms with E-state index >= 15 is 0 Å². The summed E-state index contributed by atoms with van der Waals surface area (Å²) in [5, 5.41) is 10.7. The highest BCUT2D eigenvalue weighted by molar-refractivity contribution is 5.68. The predicted molar refractivity (Wildman–Crippen MR) is 82.1 cm³/mol. The summed E-state index contributed by atoms with van der Waals surface area (Å²) in [6.45, 7) is 6.53. The Labute approximate surface area is 134 Å². The van der Waals surface area contributed by atoms with Gasteiger partial charge in [-0.1, -0.05) is 0 Å². The molecule has 2 atom stereocenters. The van der Waals surface area contributed by atoms with Crippen molar-refractivity contribution in [2.75, 3.05) is 13.1 Å². The number of amides is 1. The van der Waals surface area contributed by atoms with Crippen molar-refractivity contribution >= 4 is 11.8 Å². The Morgan fingerprint density at radius 2 is 2.04 bits per heavy atom. The van der Waals surface area contributed by atoms with Crippen molar-refractivity contribution in [1.29, 1.82) is 0 Å². The number of carbonyl (C=O) groups excluding carboxylic acids is 1. The van der Waals surface area contributed by atoms with E-state index in [0.29, 0.717) is 19.5 Å². The van der Waals surface area contributed by atoms with Gasteiger partial charge in [0.1, 0.15) is 17.3 Å². The molecule has 0 aromatic heterocycles. The Bertz CT molecular complexity index is 637. The van der Waals surface area contributed by atoms with Crippen molar-refractivity contribution in [1.82, 2.24) is 4.90 Å². The first-order chi connectivity index (χ1) is 10.7. The van der Waals surface area contributed by atoms with Gasteiger partial charge in [0.15, 0.2) is 0 Å². The summed E-state index contributed by atoms with van der Waals surface area (Å²) in [5.41, 5.74) is 0.0626. The summed E-state index contributed by atoms with van der Waals surface area (Å²) < 4.78 is 11.2. The standard InChI is InChI=1S/C16H20N2O5/c1-15(2,3)23-14(19)17-9-8-16(13(10-17)22-16)11-4-6-12(7-5-11)18(20)21/h4-7,13H,8-10H2,1-3H3/t13-,16+/m0/s1. The van der Waals surface area contributed by atoms with Crippen molar-refractivity contribution in [3.63, 3.8) is 0 Å². The van der Waals surface area contributed by atoms with Crippen molar-refractivity contribution in [2.45, 2.75) is 44.5 Å². The number of carbonyl (C=O) groups is 1. The molecule has 7 nitrogen and oxygen atoms in total. The molecule has 0 N–H and O–H groups in total. The minimum absolute atomic E-state index is 0.0635. The Kier molecular flexibility index (Phi) is 3.55. The van der Waals surface area contributed by atoms with Gasteiger partial charge in [-0.3, -0.25) is 10.1 Å². The molecule has 7 heteroatoms. The highest BCUT2D eigenvalue weighted by atomic mass is 16.6. The van der Waals surface area contributed by atoms with E-state index in [1.807, 2.05) is 20.8 Å². The van der Waals surface area contributed by atoms with Gasteiger partial charge < -0.3 is 14.4 Å². The largest absolute Gasteiger partial charge is 0.444 e. The molecule has 0 spiro atoms. The number of benzene rings is 1. The lowest BCUT2D eigenvalue weighted by Crippen LogP contribution is -2.44. The number of piperidine rings is 1. The van der Waals surface area contributed by atoms with Crippen LogP contribution in [-0.2, 0) is 15.1 Å². The second-order valence-electron chi connectivity index (χ2n) is 6.98. The minimum atomic E-state index is -0.519. The van der Waals surface area contributed by atoms with Crippen LogP contribution < -0.4 is 0 Å². The molecular formula is C16H20N2O5. The lowest BCUT2D eigenvalue weighted by atomic mass is 9.89. The van der Waals surface area contributed by atoms with Gasteiger partial charge in [-0.15, -0.1) is 0 Å². The van der Waals surface area contributed by atoms with Crippen molar-refractivity contribution in [3.8, 4) is 0 Å². The Balaban J connectivity index is 1.66.